The van der Waals surface area contributed by atoms with Gasteiger partial charge in [-0.05, 0) is 37.9 Å². The smallest absolute Gasteiger partial charge is 0.262 e. The molecule has 1 saturated heterocycles. The predicted octanol–water partition coefficient (Wildman–Crippen LogP) is 3.53. The first-order chi connectivity index (χ1) is 14.0. The van der Waals surface area contributed by atoms with Crippen molar-refractivity contribution in [3.63, 3.8) is 0 Å². The second kappa shape index (κ2) is 9.15. The molecule has 2 heterocycles. The van der Waals surface area contributed by atoms with Crippen LogP contribution in [-0.2, 0) is 4.79 Å². The van der Waals surface area contributed by atoms with E-state index in [-0.39, 0.29) is 17.0 Å². The Morgan fingerprint density at radius 2 is 2.21 bits per heavy atom. The van der Waals surface area contributed by atoms with Gasteiger partial charge in [0.1, 0.15) is 5.37 Å². The Morgan fingerprint density at radius 1 is 1.41 bits per heavy atom. The summed E-state index contributed by atoms with van der Waals surface area (Å²) in [5.74, 6) is 0.370. The first-order valence-corrected chi connectivity index (χ1v) is 10.1. The lowest BCUT2D eigenvalue weighted by atomic mass is 10.0. The van der Waals surface area contributed by atoms with Crippen molar-refractivity contribution >= 4 is 23.2 Å². The van der Waals surface area contributed by atoms with Gasteiger partial charge in [0.05, 0.1) is 12.0 Å². The zero-order chi connectivity index (χ0) is 21.0. The number of methoxy groups -OCH3 is 1. The van der Waals surface area contributed by atoms with Gasteiger partial charge in [-0.2, -0.15) is 0 Å². The molecule has 29 heavy (non-hydrogen) atoms. The summed E-state index contributed by atoms with van der Waals surface area (Å²) in [5.41, 5.74) is 2.47. The number of benzene rings is 1. The van der Waals surface area contributed by atoms with Gasteiger partial charge in [-0.15, -0.1) is 0 Å². The number of hydrogen-bond donors (Lipinski definition) is 1. The van der Waals surface area contributed by atoms with Gasteiger partial charge in [0, 0.05) is 36.6 Å². The average molecular weight is 412 g/mol. The van der Waals surface area contributed by atoms with Gasteiger partial charge in [-0.25, -0.2) is 0 Å². The normalized spacial score (nSPS) is 18.3. The third-order valence-corrected chi connectivity index (χ3v) is 6.04. The van der Waals surface area contributed by atoms with Gasteiger partial charge in [0.15, 0.2) is 11.5 Å². The maximum Gasteiger partial charge on any atom is 0.262 e. The van der Waals surface area contributed by atoms with Crippen LogP contribution in [0.1, 0.15) is 16.5 Å². The molecule has 1 aliphatic heterocycles. The topological polar surface area (TPSA) is 65.9 Å². The van der Waals surface area contributed by atoms with E-state index >= 15 is 0 Å². The van der Waals surface area contributed by atoms with Crippen molar-refractivity contribution in [2.24, 2.45) is 0 Å². The summed E-state index contributed by atoms with van der Waals surface area (Å²) in [4.78, 5) is 22.2. The lowest BCUT2D eigenvalue weighted by Gasteiger charge is -2.24. The highest BCUT2D eigenvalue weighted by Gasteiger charge is 2.38. The van der Waals surface area contributed by atoms with Crippen LogP contribution in [0.3, 0.4) is 0 Å². The van der Waals surface area contributed by atoms with Crippen LogP contribution in [0.15, 0.2) is 60.3 Å². The molecule has 1 aliphatic rings. The van der Waals surface area contributed by atoms with E-state index in [1.54, 1.807) is 36.7 Å². The molecule has 152 valence electrons. The number of hydrogen-bond acceptors (Lipinski definition) is 6. The van der Waals surface area contributed by atoms with Crippen LogP contribution in [-0.4, -0.2) is 60.1 Å². The van der Waals surface area contributed by atoms with Crippen molar-refractivity contribution in [2.45, 2.75) is 5.37 Å². The van der Waals surface area contributed by atoms with Crippen molar-refractivity contribution in [1.82, 2.24) is 14.8 Å². The lowest BCUT2D eigenvalue weighted by Crippen LogP contribution is -2.34. The molecule has 1 fully saturated rings. The molecule has 3 rings (SSSR count). The second-order valence-corrected chi connectivity index (χ2v) is 7.98. The van der Waals surface area contributed by atoms with Crippen LogP contribution < -0.4 is 4.74 Å². The summed E-state index contributed by atoms with van der Waals surface area (Å²) in [5, 5.41) is 9.75. The zero-order valence-electron chi connectivity index (χ0n) is 16.8. The molecule has 0 aliphatic carbocycles. The minimum Gasteiger partial charge on any atom is -0.504 e. The van der Waals surface area contributed by atoms with Crippen molar-refractivity contribution in [2.75, 3.05) is 34.3 Å². The number of nitrogens with zero attached hydrogens (tertiary/aromatic N) is 3. The van der Waals surface area contributed by atoms with Crippen LogP contribution in [0, 0.1) is 0 Å². The summed E-state index contributed by atoms with van der Waals surface area (Å²) in [6.07, 6.45) is 5.21. The van der Waals surface area contributed by atoms with E-state index in [4.69, 9.17) is 4.74 Å². The van der Waals surface area contributed by atoms with Crippen molar-refractivity contribution in [3.05, 3.63) is 71.4 Å². The minimum absolute atomic E-state index is 0.0346. The van der Waals surface area contributed by atoms with Crippen molar-refractivity contribution < 1.29 is 14.6 Å². The molecule has 1 amide bonds. The van der Waals surface area contributed by atoms with Crippen LogP contribution in [0.5, 0.6) is 11.5 Å². The van der Waals surface area contributed by atoms with Gasteiger partial charge in [0.25, 0.3) is 5.91 Å². The van der Waals surface area contributed by atoms with E-state index < -0.39 is 0 Å². The summed E-state index contributed by atoms with van der Waals surface area (Å²) in [6, 6.07) is 8.91. The number of carbonyl (C=O) groups excluding carboxylic acids is 1. The van der Waals surface area contributed by atoms with Crippen molar-refractivity contribution in [3.8, 4) is 11.5 Å². The SMILES string of the molecule is C=CC(=C1SC(c2cccnc2)N(CCN(C)C)C1=O)c1ccc(O)c(OC)c1. The minimum atomic E-state index is -0.153. The van der Waals surface area contributed by atoms with Crippen LogP contribution >= 0.6 is 11.8 Å². The van der Waals surface area contributed by atoms with E-state index in [1.165, 1.54) is 18.9 Å². The molecule has 1 aromatic carbocycles. The Labute approximate surface area is 175 Å². The van der Waals surface area contributed by atoms with E-state index in [9.17, 15) is 9.90 Å². The first-order valence-electron chi connectivity index (χ1n) is 9.22. The van der Waals surface area contributed by atoms with Gasteiger partial charge < -0.3 is 19.6 Å². The lowest BCUT2D eigenvalue weighted by molar-refractivity contribution is -0.126. The third-order valence-electron chi connectivity index (χ3n) is 4.66. The monoisotopic (exact) mass is 411 g/mol. The van der Waals surface area contributed by atoms with E-state index in [0.29, 0.717) is 17.2 Å². The molecule has 1 unspecified atom stereocenters. The Morgan fingerprint density at radius 3 is 2.83 bits per heavy atom. The third kappa shape index (κ3) is 4.46. The summed E-state index contributed by atoms with van der Waals surface area (Å²) >= 11 is 1.50. The van der Waals surface area contributed by atoms with Crippen LogP contribution in [0.25, 0.3) is 5.57 Å². The first kappa shape index (κ1) is 21.0. The highest BCUT2D eigenvalue weighted by molar-refractivity contribution is 8.04. The number of aromatic nitrogens is 1. The number of likely N-dealkylation sites (N-methyl/N-ethyl adjacent to an activating group) is 1. The molecule has 2 aromatic rings. The van der Waals surface area contributed by atoms with Crippen LogP contribution in [0.2, 0.25) is 0 Å². The predicted molar refractivity (Wildman–Crippen MR) is 117 cm³/mol. The summed E-state index contributed by atoms with van der Waals surface area (Å²) in [6.45, 7) is 5.28. The maximum atomic E-state index is 13.4. The quantitative estimate of drug-likeness (QED) is 0.703. The highest BCUT2D eigenvalue weighted by atomic mass is 32.2. The van der Waals surface area contributed by atoms with Gasteiger partial charge in [0.2, 0.25) is 0 Å². The Bertz CT molecular complexity index is 928. The number of amides is 1. The maximum absolute atomic E-state index is 13.4. The van der Waals surface area contributed by atoms with Gasteiger partial charge in [-0.1, -0.05) is 36.5 Å². The zero-order valence-corrected chi connectivity index (χ0v) is 17.6. The summed E-state index contributed by atoms with van der Waals surface area (Å²) < 4.78 is 5.22. The number of aromatic hydroxyl groups is 1. The van der Waals surface area contributed by atoms with E-state index in [0.717, 1.165) is 23.2 Å². The number of carbonyl (C=O) groups is 1. The number of thioether (sulfide) groups is 1. The highest BCUT2D eigenvalue weighted by Crippen LogP contribution is 2.48. The van der Waals surface area contributed by atoms with E-state index in [2.05, 4.69) is 16.5 Å². The largest absolute Gasteiger partial charge is 0.504 e. The number of pyridine rings is 1. The molecular weight excluding hydrogens is 386 g/mol. The fraction of sp³-hybridized carbons (Fsp3) is 0.273. The molecule has 0 saturated carbocycles. The molecule has 0 spiro atoms. The van der Waals surface area contributed by atoms with Gasteiger partial charge >= 0.3 is 0 Å². The second-order valence-electron chi connectivity index (χ2n) is 6.89. The van der Waals surface area contributed by atoms with Crippen LogP contribution in [0.4, 0.5) is 0 Å². The Kier molecular flexibility index (Phi) is 6.61. The fourth-order valence-corrected chi connectivity index (χ4v) is 4.50. The Hall–Kier alpha value is -2.77. The average Bonchev–Trinajstić information content (AvgIpc) is 3.05. The molecule has 0 bridgehead atoms. The summed E-state index contributed by atoms with van der Waals surface area (Å²) in [7, 11) is 5.47. The molecule has 1 N–H and O–H groups in total. The molecule has 1 atom stereocenters. The molecule has 0 radical (unpaired) electrons. The number of phenolic OH excluding ortho intramolecular Hbond substituents is 1. The molecular formula is C22H25N3O3S. The number of ether oxygens (including phenoxy) is 1. The number of rotatable bonds is 7. The number of phenols is 1. The number of allylic oxidation sites excluding steroid dienone is 2. The molecule has 6 nitrogen and oxygen atoms in total. The fourth-order valence-electron chi connectivity index (χ4n) is 3.12. The molecule has 1 aromatic heterocycles. The van der Waals surface area contributed by atoms with Gasteiger partial charge in [-0.3, -0.25) is 9.78 Å². The molecule has 7 heteroatoms. The Balaban J connectivity index is 2.05. The standard InChI is InChI=1S/C22H25N3O3S/c1-5-17(15-8-9-18(26)19(13-15)28-4)20-21(27)25(12-11-24(2)3)22(29-20)16-7-6-10-23-14-16/h5-10,13-14,22,26H,1,11-12H2,2-4H3. The van der Waals surface area contributed by atoms with E-state index in [1.807, 2.05) is 31.1 Å². The van der Waals surface area contributed by atoms with Crippen molar-refractivity contribution in [1.29, 1.82) is 0 Å².